The van der Waals surface area contributed by atoms with E-state index in [0.717, 1.165) is 12.8 Å². The normalized spacial score (nSPS) is 17.3. The SMILES string of the molecule is C#C[C@@](C)(c1cc(Cl)c(F)c(C(=O)N2CCC[C@H]2COC)c1OC(C)C)c1nc(C)c2c(N)nccn12. The van der Waals surface area contributed by atoms with Crippen LogP contribution in [0.15, 0.2) is 18.5 Å². The Hall–Kier alpha value is -3.35. The van der Waals surface area contributed by atoms with Gasteiger partial charge in [0, 0.05) is 31.6 Å². The molecule has 196 valence electrons. The number of nitrogens with zero attached hydrogens (tertiary/aromatic N) is 4. The molecule has 0 unspecified atom stereocenters. The summed E-state index contributed by atoms with van der Waals surface area (Å²) in [5.41, 5.74) is 6.17. The van der Waals surface area contributed by atoms with Gasteiger partial charge in [0.05, 0.1) is 29.5 Å². The average molecular weight is 528 g/mol. The zero-order valence-corrected chi connectivity index (χ0v) is 22.4. The molecule has 37 heavy (non-hydrogen) atoms. The van der Waals surface area contributed by atoms with Crippen molar-refractivity contribution in [3.63, 3.8) is 0 Å². The lowest BCUT2D eigenvalue weighted by atomic mass is 9.80. The third-order valence-electron chi connectivity index (χ3n) is 6.77. The molecule has 2 atom stereocenters. The van der Waals surface area contributed by atoms with Crippen LogP contribution in [0.3, 0.4) is 0 Å². The van der Waals surface area contributed by atoms with Gasteiger partial charge in [-0.3, -0.25) is 9.20 Å². The quantitative estimate of drug-likeness (QED) is 0.458. The average Bonchev–Trinajstić information content (AvgIpc) is 3.46. The van der Waals surface area contributed by atoms with E-state index in [1.165, 1.54) is 6.07 Å². The maximum Gasteiger partial charge on any atom is 0.261 e. The van der Waals surface area contributed by atoms with Gasteiger partial charge >= 0.3 is 0 Å². The first-order chi connectivity index (χ1) is 17.5. The van der Waals surface area contributed by atoms with E-state index in [4.69, 9.17) is 38.2 Å². The Kier molecular flexibility index (Phi) is 7.36. The van der Waals surface area contributed by atoms with Crippen LogP contribution in [0.4, 0.5) is 10.2 Å². The van der Waals surface area contributed by atoms with Crippen LogP contribution in [0, 0.1) is 25.1 Å². The summed E-state index contributed by atoms with van der Waals surface area (Å²) in [4.78, 5) is 24.4. The summed E-state index contributed by atoms with van der Waals surface area (Å²) < 4.78 is 28.9. The Bertz CT molecular complexity index is 1400. The molecule has 1 saturated heterocycles. The number of carbonyl (C=O) groups excluding carboxylic acids is 1. The molecule has 0 spiro atoms. The molecule has 0 bridgehead atoms. The van der Waals surface area contributed by atoms with Gasteiger partial charge in [-0.25, -0.2) is 14.4 Å². The van der Waals surface area contributed by atoms with E-state index >= 15 is 4.39 Å². The van der Waals surface area contributed by atoms with Crippen LogP contribution in [0.1, 0.15) is 61.1 Å². The lowest BCUT2D eigenvalue weighted by molar-refractivity contribution is 0.0620. The Morgan fingerprint density at radius 1 is 1.46 bits per heavy atom. The Morgan fingerprint density at radius 3 is 2.84 bits per heavy atom. The summed E-state index contributed by atoms with van der Waals surface area (Å²) >= 11 is 6.42. The molecule has 8 nitrogen and oxygen atoms in total. The van der Waals surface area contributed by atoms with Crippen LogP contribution in [-0.4, -0.2) is 57.6 Å². The van der Waals surface area contributed by atoms with Crippen molar-refractivity contribution in [2.75, 3.05) is 26.0 Å². The molecule has 1 aromatic carbocycles. The highest BCUT2D eigenvalue weighted by atomic mass is 35.5. The van der Waals surface area contributed by atoms with E-state index in [2.05, 4.69) is 10.9 Å². The van der Waals surface area contributed by atoms with Gasteiger partial charge in [0.2, 0.25) is 0 Å². The number of benzene rings is 1. The van der Waals surface area contributed by atoms with Crippen LogP contribution in [0.2, 0.25) is 5.02 Å². The van der Waals surface area contributed by atoms with Crippen molar-refractivity contribution >= 4 is 28.8 Å². The molecule has 0 saturated carbocycles. The standard InChI is InChI=1S/C27H31ClFN5O3/c1-7-27(5,26-32-16(4)22-24(30)31-10-12-34(22)26)18-13-19(28)21(29)20(23(18)37-15(2)3)25(35)33-11-8-9-17(33)14-36-6/h1,10,12-13,15,17H,8-9,11,14H2,2-6H3,(H2,30,31)/t17-,27-/m0/s1. The van der Waals surface area contributed by atoms with E-state index in [9.17, 15) is 4.79 Å². The Labute approximate surface area is 220 Å². The highest BCUT2D eigenvalue weighted by Gasteiger charge is 2.41. The summed E-state index contributed by atoms with van der Waals surface area (Å²) in [6.45, 7) is 7.96. The van der Waals surface area contributed by atoms with Gasteiger partial charge in [-0.15, -0.1) is 6.42 Å². The van der Waals surface area contributed by atoms with Gasteiger partial charge in [-0.2, -0.15) is 0 Å². The summed E-state index contributed by atoms with van der Waals surface area (Å²) in [6, 6.07) is 1.24. The van der Waals surface area contributed by atoms with Crippen LogP contribution in [-0.2, 0) is 10.2 Å². The van der Waals surface area contributed by atoms with Gasteiger partial charge in [-0.1, -0.05) is 17.5 Å². The number of amides is 1. The van der Waals surface area contributed by atoms with E-state index in [1.54, 1.807) is 56.5 Å². The highest BCUT2D eigenvalue weighted by Crippen LogP contribution is 2.44. The molecule has 2 N–H and O–H groups in total. The lowest BCUT2D eigenvalue weighted by Gasteiger charge is -2.30. The molecule has 2 aromatic heterocycles. The molecule has 1 amide bonds. The number of halogens is 2. The van der Waals surface area contributed by atoms with Crippen molar-refractivity contribution in [3.8, 4) is 18.1 Å². The van der Waals surface area contributed by atoms with Crippen LogP contribution < -0.4 is 10.5 Å². The number of carbonyl (C=O) groups is 1. The van der Waals surface area contributed by atoms with E-state index < -0.39 is 17.1 Å². The molecule has 10 heteroatoms. The molecule has 1 aliphatic rings. The van der Waals surface area contributed by atoms with Gasteiger partial charge in [0.1, 0.15) is 33.9 Å². The smallest absolute Gasteiger partial charge is 0.261 e. The Balaban J connectivity index is 2.00. The minimum Gasteiger partial charge on any atom is -0.490 e. The van der Waals surface area contributed by atoms with Crippen molar-refractivity contribution in [1.29, 1.82) is 0 Å². The zero-order chi connectivity index (χ0) is 27.1. The van der Waals surface area contributed by atoms with Crippen molar-refractivity contribution < 1.29 is 18.7 Å². The van der Waals surface area contributed by atoms with Crippen molar-refractivity contribution in [1.82, 2.24) is 19.3 Å². The van der Waals surface area contributed by atoms with Gasteiger partial charge < -0.3 is 20.1 Å². The number of rotatable bonds is 7. The third kappa shape index (κ3) is 4.49. The molecule has 3 aromatic rings. The molecular formula is C27H31ClFN5O3. The summed E-state index contributed by atoms with van der Waals surface area (Å²) in [6.07, 6.45) is 10.6. The van der Waals surface area contributed by atoms with Gasteiger partial charge in [0.25, 0.3) is 5.91 Å². The number of anilines is 1. The number of imidazole rings is 1. The number of aryl methyl sites for hydroxylation is 1. The third-order valence-corrected chi connectivity index (χ3v) is 7.04. The van der Waals surface area contributed by atoms with Crippen LogP contribution in [0.5, 0.6) is 5.75 Å². The maximum atomic E-state index is 15.7. The lowest BCUT2D eigenvalue weighted by Crippen LogP contribution is -2.39. The maximum absolute atomic E-state index is 15.7. The number of methoxy groups -OCH3 is 1. The van der Waals surface area contributed by atoms with E-state index in [0.29, 0.717) is 41.6 Å². The topological polar surface area (TPSA) is 95.0 Å². The van der Waals surface area contributed by atoms with Crippen molar-refractivity contribution in [2.24, 2.45) is 0 Å². The predicted molar refractivity (Wildman–Crippen MR) is 141 cm³/mol. The molecule has 1 aliphatic heterocycles. The van der Waals surface area contributed by atoms with E-state index in [1.807, 2.05) is 0 Å². The van der Waals surface area contributed by atoms with E-state index in [-0.39, 0.29) is 28.5 Å². The first kappa shape index (κ1) is 26.7. The van der Waals surface area contributed by atoms with Crippen molar-refractivity contribution in [3.05, 3.63) is 51.9 Å². The second-order valence-electron chi connectivity index (χ2n) is 9.66. The van der Waals surface area contributed by atoms with Crippen molar-refractivity contribution in [2.45, 2.75) is 58.1 Å². The number of ether oxygens (including phenoxy) is 2. The number of nitrogen functional groups attached to an aromatic ring is 1. The highest BCUT2D eigenvalue weighted by molar-refractivity contribution is 6.31. The van der Waals surface area contributed by atoms with Gasteiger partial charge in [0.15, 0.2) is 5.82 Å². The number of terminal acetylenes is 1. The second kappa shape index (κ2) is 10.2. The van der Waals surface area contributed by atoms with Gasteiger partial charge in [-0.05, 0) is 46.6 Å². The Morgan fingerprint density at radius 2 is 2.19 bits per heavy atom. The molecule has 0 radical (unpaired) electrons. The number of likely N-dealkylation sites (tertiary alicyclic amines) is 1. The number of hydrogen-bond acceptors (Lipinski definition) is 6. The fourth-order valence-corrected chi connectivity index (χ4v) is 5.20. The predicted octanol–water partition coefficient (Wildman–Crippen LogP) is 4.39. The summed E-state index contributed by atoms with van der Waals surface area (Å²) in [5, 5.41) is -0.239. The number of hydrogen-bond donors (Lipinski definition) is 1. The molecule has 1 fully saturated rings. The fraction of sp³-hybridized carbons (Fsp3) is 0.444. The number of nitrogens with two attached hydrogens (primary N) is 1. The fourth-order valence-electron chi connectivity index (χ4n) is 5.00. The first-order valence-corrected chi connectivity index (χ1v) is 12.5. The first-order valence-electron chi connectivity index (χ1n) is 12.1. The second-order valence-corrected chi connectivity index (χ2v) is 10.1. The van der Waals surface area contributed by atoms with Crippen LogP contribution in [0.25, 0.3) is 5.52 Å². The molecule has 0 aliphatic carbocycles. The molecule has 3 heterocycles. The monoisotopic (exact) mass is 527 g/mol. The largest absolute Gasteiger partial charge is 0.490 e. The molecule has 4 rings (SSSR count). The summed E-state index contributed by atoms with van der Waals surface area (Å²) in [7, 11) is 1.57. The molecular weight excluding hydrogens is 497 g/mol. The number of fused-ring (bicyclic) bond motifs is 1. The zero-order valence-electron chi connectivity index (χ0n) is 21.6. The minimum absolute atomic E-state index is 0.0434. The minimum atomic E-state index is -1.28. The summed E-state index contributed by atoms with van der Waals surface area (Å²) in [5.74, 6) is 2.21. The number of aromatic nitrogens is 3. The van der Waals surface area contributed by atoms with Crippen LogP contribution >= 0.6 is 11.6 Å².